The second-order valence-corrected chi connectivity index (χ2v) is 3.84. The first kappa shape index (κ1) is 8.70. The van der Waals surface area contributed by atoms with Crippen LogP contribution in [0, 0.1) is 12.7 Å². The number of benzene rings is 2. The van der Waals surface area contributed by atoms with Gasteiger partial charge in [-0.1, -0.05) is 30.3 Å². The second-order valence-electron chi connectivity index (χ2n) is 3.04. The molecule has 0 bridgehead atoms. The predicted molar refractivity (Wildman–Crippen MR) is 56.3 cm³/mol. The lowest BCUT2D eigenvalue weighted by atomic mass is 10.1. The molecule has 0 saturated heterocycles. The molecule has 0 radical (unpaired) electrons. The fraction of sp³-hybridized carbons (Fsp3) is 0.0909. The van der Waals surface area contributed by atoms with Gasteiger partial charge in [0.2, 0.25) is 0 Å². The monoisotopic (exact) mass is 238 g/mol. The molecule has 13 heavy (non-hydrogen) atoms. The third-order valence-electron chi connectivity index (χ3n) is 2.11. The van der Waals surface area contributed by atoms with Gasteiger partial charge in [-0.3, -0.25) is 0 Å². The van der Waals surface area contributed by atoms with Crippen molar-refractivity contribution in [1.82, 2.24) is 0 Å². The minimum Gasteiger partial charge on any atom is -0.205 e. The summed E-state index contributed by atoms with van der Waals surface area (Å²) in [6, 6.07) is 9.43. The Morgan fingerprint density at radius 3 is 2.69 bits per heavy atom. The summed E-state index contributed by atoms with van der Waals surface area (Å²) in [6.07, 6.45) is 0. The van der Waals surface area contributed by atoms with E-state index in [4.69, 9.17) is 0 Å². The topological polar surface area (TPSA) is 0 Å². The average molecular weight is 239 g/mol. The molecule has 0 saturated carbocycles. The van der Waals surface area contributed by atoms with Gasteiger partial charge in [0.1, 0.15) is 5.82 Å². The lowest BCUT2D eigenvalue weighted by Crippen LogP contribution is -1.85. The highest BCUT2D eigenvalue weighted by Crippen LogP contribution is 2.27. The van der Waals surface area contributed by atoms with E-state index in [1.807, 2.05) is 31.2 Å². The van der Waals surface area contributed by atoms with Crippen LogP contribution >= 0.6 is 15.9 Å². The number of hydrogen-bond donors (Lipinski definition) is 0. The van der Waals surface area contributed by atoms with Crippen molar-refractivity contribution < 1.29 is 4.39 Å². The zero-order valence-corrected chi connectivity index (χ0v) is 8.73. The summed E-state index contributed by atoms with van der Waals surface area (Å²) in [5, 5.41) is 1.61. The highest BCUT2D eigenvalue weighted by Gasteiger charge is 2.07. The smallest absolute Gasteiger partial charge is 0.145 e. The van der Waals surface area contributed by atoms with E-state index in [9.17, 15) is 4.39 Å². The highest BCUT2D eigenvalue weighted by atomic mass is 79.9. The van der Waals surface area contributed by atoms with E-state index in [0.717, 1.165) is 10.9 Å². The third-order valence-corrected chi connectivity index (χ3v) is 3.08. The normalized spacial score (nSPS) is 10.7. The van der Waals surface area contributed by atoms with Crippen molar-refractivity contribution in [2.45, 2.75) is 6.92 Å². The molecule has 0 unspecified atom stereocenters. The van der Waals surface area contributed by atoms with Gasteiger partial charge in [-0.15, -0.1) is 0 Å². The van der Waals surface area contributed by atoms with E-state index in [2.05, 4.69) is 15.9 Å². The van der Waals surface area contributed by atoms with Crippen LogP contribution in [-0.4, -0.2) is 0 Å². The molecule has 0 N–H and O–H groups in total. The van der Waals surface area contributed by atoms with Crippen molar-refractivity contribution in [3.8, 4) is 0 Å². The fourth-order valence-corrected chi connectivity index (χ4v) is 1.74. The molecule has 0 heterocycles. The average Bonchev–Trinajstić information content (AvgIpc) is 2.15. The molecule has 2 aromatic carbocycles. The summed E-state index contributed by atoms with van der Waals surface area (Å²) < 4.78 is 14.2. The van der Waals surface area contributed by atoms with Gasteiger partial charge in [0.25, 0.3) is 0 Å². The van der Waals surface area contributed by atoms with Crippen molar-refractivity contribution in [3.63, 3.8) is 0 Å². The molecular formula is C11H8BrF. The molecule has 0 fully saturated rings. The molecule has 66 valence electrons. The number of hydrogen-bond acceptors (Lipinski definition) is 0. The summed E-state index contributed by atoms with van der Waals surface area (Å²) in [7, 11) is 0. The maximum Gasteiger partial charge on any atom is 0.145 e. The summed E-state index contributed by atoms with van der Waals surface area (Å²) in [4.78, 5) is 0. The Bertz CT molecular complexity index is 463. The Morgan fingerprint density at radius 1 is 1.23 bits per heavy atom. The van der Waals surface area contributed by atoms with Crippen molar-refractivity contribution >= 4 is 26.7 Å². The zero-order chi connectivity index (χ0) is 9.42. The fourth-order valence-electron chi connectivity index (χ4n) is 1.41. The van der Waals surface area contributed by atoms with Gasteiger partial charge in [-0.2, -0.15) is 0 Å². The molecule has 2 rings (SSSR count). The summed E-state index contributed by atoms with van der Waals surface area (Å²) in [5.74, 6) is -0.171. The summed E-state index contributed by atoms with van der Waals surface area (Å²) in [5.41, 5.74) is 0.927. The van der Waals surface area contributed by atoms with E-state index in [1.165, 1.54) is 0 Å². The Morgan fingerprint density at radius 2 is 1.92 bits per heavy atom. The molecule has 0 aliphatic carbocycles. The molecule has 0 aliphatic rings. The molecule has 0 spiro atoms. The first-order valence-electron chi connectivity index (χ1n) is 4.03. The van der Waals surface area contributed by atoms with Gasteiger partial charge in [0, 0.05) is 5.39 Å². The Labute approximate surface area is 84.5 Å². The highest BCUT2D eigenvalue weighted by molar-refractivity contribution is 9.10. The van der Waals surface area contributed by atoms with Gasteiger partial charge < -0.3 is 0 Å². The van der Waals surface area contributed by atoms with Crippen LogP contribution in [0.3, 0.4) is 0 Å². The van der Waals surface area contributed by atoms with E-state index < -0.39 is 0 Å². The molecule has 0 nitrogen and oxygen atoms in total. The number of rotatable bonds is 0. The van der Waals surface area contributed by atoms with Crippen LogP contribution in [0.25, 0.3) is 10.8 Å². The van der Waals surface area contributed by atoms with Crippen molar-refractivity contribution in [3.05, 3.63) is 46.2 Å². The van der Waals surface area contributed by atoms with Crippen LogP contribution < -0.4 is 0 Å². The van der Waals surface area contributed by atoms with Crippen LogP contribution in [0.15, 0.2) is 34.8 Å². The molecule has 2 aromatic rings. The first-order valence-corrected chi connectivity index (χ1v) is 4.83. The van der Waals surface area contributed by atoms with Gasteiger partial charge in [0.05, 0.1) is 4.47 Å². The summed E-state index contributed by atoms with van der Waals surface area (Å²) >= 11 is 3.23. The van der Waals surface area contributed by atoms with Gasteiger partial charge >= 0.3 is 0 Å². The number of aryl methyl sites for hydroxylation is 1. The molecule has 0 aromatic heterocycles. The Balaban J connectivity index is 2.94. The van der Waals surface area contributed by atoms with Crippen molar-refractivity contribution in [1.29, 1.82) is 0 Å². The quantitative estimate of drug-likeness (QED) is 0.650. The number of fused-ring (bicyclic) bond motifs is 1. The van der Waals surface area contributed by atoms with Crippen LogP contribution in [0.4, 0.5) is 4.39 Å². The van der Waals surface area contributed by atoms with E-state index >= 15 is 0 Å². The molecule has 0 atom stereocenters. The zero-order valence-electron chi connectivity index (χ0n) is 7.14. The van der Waals surface area contributed by atoms with Gasteiger partial charge in [-0.05, 0) is 33.8 Å². The Hall–Kier alpha value is -0.890. The molecule has 0 aliphatic heterocycles. The molecule has 0 amide bonds. The van der Waals surface area contributed by atoms with E-state index in [-0.39, 0.29) is 5.82 Å². The lowest BCUT2D eigenvalue weighted by molar-refractivity contribution is 0.632. The maximum absolute atomic E-state index is 13.6. The minimum atomic E-state index is -0.171. The standard InChI is InChI=1S/C11H8BrF/c1-7-6-8-4-2-3-5-9(8)11(13)10(7)12/h2-6H,1H3. The maximum atomic E-state index is 13.6. The van der Waals surface area contributed by atoms with E-state index in [1.54, 1.807) is 6.07 Å². The summed E-state index contributed by atoms with van der Waals surface area (Å²) in [6.45, 7) is 1.89. The van der Waals surface area contributed by atoms with Gasteiger partial charge in [-0.25, -0.2) is 4.39 Å². The van der Waals surface area contributed by atoms with Crippen LogP contribution in [0.1, 0.15) is 5.56 Å². The lowest BCUT2D eigenvalue weighted by Gasteiger charge is -2.04. The molecular weight excluding hydrogens is 231 g/mol. The van der Waals surface area contributed by atoms with Gasteiger partial charge in [0.15, 0.2) is 0 Å². The SMILES string of the molecule is Cc1cc2ccccc2c(F)c1Br. The first-order chi connectivity index (χ1) is 6.20. The van der Waals surface area contributed by atoms with Crippen LogP contribution in [0.2, 0.25) is 0 Å². The Kier molecular flexibility index (Phi) is 2.08. The predicted octanol–water partition coefficient (Wildman–Crippen LogP) is 4.05. The largest absolute Gasteiger partial charge is 0.205 e. The third kappa shape index (κ3) is 1.35. The van der Waals surface area contributed by atoms with Crippen LogP contribution in [0.5, 0.6) is 0 Å². The van der Waals surface area contributed by atoms with Crippen molar-refractivity contribution in [2.75, 3.05) is 0 Å². The van der Waals surface area contributed by atoms with Crippen molar-refractivity contribution in [2.24, 2.45) is 0 Å². The molecule has 2 heteroatoms. The number of halogens is 2. The van der Waals surface area contributed by atoms with E-state index in [0.29, 0.717) is 9.86 Å². The van der Waals surface area contributed by atoms with Crippen LogP contribution in [-0.2, 0) is 0 Å². The second kappa shape index (κ2) is 3.11. The minimum absolute atomic E-state index is 0.171.